The molecule has 17 heavy (non-hydrogen) atoms. The molecule has 0 fully saturated rings. The summed E-state index contributed by atoms with van der Waals surface area (Å²) in [7, 11) is 0. The summed E-state index contributed by atoms with van der Waals surface area (Å²) in [5.41, 5.74) is 6.57. The lowest BCUT2D eigenvalue weighted by atomic mass is 10.1. The zero-order valence-corrected chi connectivity index (χ0v) is 10.6. The minimum atomic E-state index is -0.418. The molecule has 0 saturated carbocycles. The van der Waals surface area contributed by atoms with Crippen LogP contribution in [-0.4, -0.2) is 11.9 Å². The highest BCUT2D eigenvalue weighted by molar-refractivity contribution is 7.17. The van der Waals surface area contributed by atoms with Crippen molar-refractivity contribution in [2.24, 2.45) is 5.73 Å². The lowest BCUT2D eigenvalue weighted by Gasteiger charge is -2.11. The van der Waals surface area contributed by atoms with Gasteiger partial charge in [-0.05, 0) is 41.5 Å². The van der Waals surface area contributed by atoms with Gasteiger partial charge in [-0.1, -0.05) is 13.3 Å². The van der Waals surface area contributed by atoms with Gasteiger partial charge in [0, 0.05) is 10.4 Å². The molecule has 3 nitrogen and oxygen atoms in total. The molecular formula is C13H16N2OS. The molecule has 0 radical (unpaired) electrons. The van der Waals surface area contributed by atoms with Gasteiger partial charge in [-0.25, -0.2) is 0 Å². The topological polar surface area (TPSA) is 55.1 Å². The fourth-order valence-electron chi connectivity index (χ4n) is 1.72. The first-order valence-corrected chi connectivity index (χ1v) is 6.62. The highest BCUT2D eigenvalue weighted by atomic mass is 32.1. The van der Waals surface area contributed by atoms with Crippen molar-refractivity contribution < 1.29 is 4.79 Å². The molecule has 1 atom stereocenters. The first-order chi connectivity index (χ1) is 8.20. The van der Waals surface area contributed by atoms with Crippen LogP contribution in [0.4, 0.5) is 5.69 Å². The standard InChI is InChI=1S/C13H16N2OS/c1-2-3-11(14)13(16)15-10-4-5-12-9(8-10)6-7-17-12/h4-8,11H,2-3,14H2,1H3,(H,15,16)/t11-/m1/s1. The number of carbonyl (C=O) groups is 1. The van der Waals surface area contributed by atoms with Crippen molar-refractivity contribution in [3.8, 4) is 0 Å². The molecule has 0 aliphatic rings. The summed E-state index contributed by atoms with van der Waals surface area (Å²) in [6.07, 6.45) is 1.63. The molecule has 4 heteroatoms. The third-order valence-corrected chi connectivity index (χ3v) is 3.55. The van der Waals surface area contributed by atoms with E-state index in [0.717, 1.165) is 17.5 Å². The van der Waals surface area contributed by atoms with Gasteiger partial charge in [-0.3, -0.25) is 4.79 Å². The van der Waals surface area contributed by atoms with Crippen molar-refractivity contribution in [3.05, 3.63) is 29.6 Å². The molecule has 2 rings (SSSR count). The van der Waals surface area contributed by atoms with Crippen molar-refractivity contribution in [2.75, 3.05) is 5.32 Å². The number of rotatable bonds is 4. The van der Waals surface area contributed by atoms with Crippen LogP contribution in [0.5, 0.6) is 0 Å². The molecule has 0 aliphatic heterocycles. The Labute approximate surface area is 105 Å². The van der Waals surface area contributed by atoms with Crippen LogP contribution in [0.25, 0.3) is 10.1 Å². The fraction of sp³-hybridized carbons (Fsp3) is 0.308. The number of nitrogens with one attached hydrogen (secondary N) is 1. The van der Waals surface area contributed by atoms with Crippen LogP contribution in [0.15, 0.2) is 29.6 Å². The Kier molecular flexibility index (Phi) is 3.76. The first-order valence-electron chi connectivity index (χ1n) is 5.74. The van der Waals surface area contributed by atoms with Crippen LogP contribution in [0, 0.1) is 0 Å². The normalized spacial score (nSPS) is 12.6. The van der Waals surface area contributed by atoms with Crippen molar-refractivity contribution in [1.82, 2.24) is 0 Å². The lowest BCUT2D eigenvalue weighted by Crippen LogP contribution is -2.35. The molecule has 0 spiro atoms. The minimum absolute atomic E-state index is 0.110. The van der Waals surface area contributed by atoms with Gasteiger partial charge in [0.05, 0.1) is 6.04 Å². The maximum absolute atomic E-state index is 11.7. The van der Waals surface area contributed by atoms with E-state index in [1.54, 1.807) is 11.3 Å². The third-order valence-electron chi connectivity index (χ3n) is 2.66. The van der Waals surface area contributed by atoms with E-state index in [1.807, 2.05) is 36.6 Å². The number of anilines is 1. The van der Waals surface area contributed by atoms with Crippen LogP contribution >= 0.6 is 11.3 Å². The number of thiophene rings is 1. The number of hydrogen-bond acceptors (Lipinski definition) is 3. The maximum Gasteiger partial charge on any atom is 0.241 e. The van der Waals surface area contributed by atoms with Crippen LogP contribution in [0.1, 0.15) is 19.8 Å². The first kappa shape index (κ1) is 12.1. The van der Waals surface area contributed by atoms with Gasteiger partial charge in [-0.15, -0.1) is 11.3 Å². The summed E-state index contributed by atoms with van der Waals surface area (Å²) in [6, 6.07) is 7.53. The average Bonchev–Trinajstić information content (AvgIpc) is 2.76. The number of benzene rings is 1. The Bertz CT molecular complexity index is 521. The smallest absolute Gasteiger partial charge is 0.241 e. The Morgan fingerprint density at radius 1 is 1.47 bits per heavy atom. The molecule has 1 amide bonds. The fourth-order valence-corrected chi connectivity index (χ4v) is 2.49. The van der Waals surface area contributed by atoms with Gasteiger partial charge in [-0.2, -0.15) is 0 Å². The van der Waals surface area contributed by atoms with Crippen LogP contribution < -0.4 is 11.1 Å². The Morgan fingerprint density at radius 3 is 3.06 bits per heavy atom. The van der Waals surface area contributed by atoms with Gasteiger partial charge < -0.3 is 11.1 Å². The number of fused-ring (bicyclic) bond motifs is 1. The van der Waals surface area contributed by atoms with Gasteiger partial charge >= 0.3 is 0 Å². The number of nitrogens with two attached hydrogens (primary N) is 1. The van der Waals surface area contributed by atoms with Crippen LogP contribution in [0.3, 0.4) is 0 Å². The molecule has 0 aliphatic carbocycles. The van der Waals surface area contributed by atoms with E-state index in [2.05, 4.69) is 5.32 Å². The highest BCUT2D eigenvalue weighted by Gasteiger charge is 2.12. The largest absolute Gasteiger partial charge is 0.325 e. The van der Waals surface area contributed by atoms with Crippen molar-refractivity contribution >= 4 is 33.0 Å². The Morgan fingerprint density at radius 2 is 2.29 bits per heavy atom. The molecule has 2 aromatic rings. The van der Waals surface area contributed by atoms with Crippen molar-refractivity contribution in [2.45, 2.75) is 25.8 Å². The predicted molar refractivity (Wildman–Crippen MR) is 73.3 cm³/mol. The second-order valence-corrected chi connectivity index (χ2v) is 5.01. The molecule has 1 aromatic carbocycles. The number of carbonyl (C=O) groups excluding carboxylic acids is 1. The molecule has 0 unspecified atom stereocenters. The van der Waals surface area contributed by atoms with E-state index in [-0.39, 0.29) is 5.91 Å². The minimum Gasteiger partial charge on any atom is -0.325 e. The number of amides is 1. The lowest BCUT2D eigenvalue weighted by molar-refractivity contribution is -0.117. The summed E-state index contributed by atoms with van der Waals surface area (Å²) < 4.78 is 1.22. The molecule has 1 heterocycles. The molecule has 3 N–H and O–H groups in total. The molecule has 90 valence electrons. The van der Waals surface area contributed by atoms with Crippen molar-refractivity contribution in [1.29, 1.82) is 0 Å². The molecular weight excluding hydrogens is 232 g/mol. The summed E-state index contributed by atoms with van der Waals surface area (Å²) in [4.78, 5) is 11.7. The zero-order chi connectivity index (χ0) is 12.3. The number of hydrogen-bond donors (Lipinski definition) is 2. The monoisotopic (exact) mass is 248 g/mol. The zero-order valence-electron chi connectivity index (χ0n) is 9.77. The van der Waals surface area contributed by atoms with Gasteiger partial charge in [0.2, 0.25) is 5.91 Å². The molecule has 0 saturated heterocycles. The van der Waals surface area contributed by atoms with Gasteiger partial charge in [0.15, 0.2) is 0 Å². The Hall–Kier alpha value is -1.39. The molecule has 1 aromatic heterocycles. The van der Waals surface area contributed by atoms with Crippen LogP contribution in [0.2, 0.25) is 0 Å². The van der Waals surface area contributed by atoms with E-state index in [9.17, 15) is 4.79 Å². The quantitative estimate of drug-likeness (QED) is 0.874. The van der Waals surface area contributed by atoms with E-state index in [4.69, 9.17) is 5.73 Å². The average molecular weight is 248 g/mol. The third kappa shape index (κ3) is 2.84. The SMILES string of the molecule is CCC[C@@H](N)C(=O)Nc1ccc2sccc2c1. The van der Waals surface area contributed by atoms with Crippen LogP contribution in [-0.2, 0) is 4.79 Å². The van der Waals surface area contributed by atoms with E-state index in [1.165, 1.54) is 4.70 Å². The highest BCUT2D eigenvalue weighted by Crippen LogP contribution is 2.24. The second kappa shape index (κ2) is 5.29. The van der Waals surface area contributed by atoms with Gasteiger partial charge in [0.25, 0.3) is 0 Å². The van der Waals surface area contributed by atoms with E-state index >= 15 is 0 Å². The van der Waals surface area contributed by atoms with E-state index in [0.29, 0.717) is 6.42 Å². The van der Waals surface area contributed by atoms with Crippen molar-refractivity contribution in [3.63, 3.8) is 0 Å². The summed E-state index contributed by atoms with van der Waals surface area (Å²) in [5.74, 6) is -0.110. The Balaban J connectivity index is 2.09. The van der Waals surface area contributed by atoms with E-state index < -0.39 is 6.04 Å². The molecule has 0 bridgehead atoms. The van der Waals surface area contributed by atoms with Gasteiger partial charge in [0.1, 0.15) is 0 Å². The maximum atomic E-state index is 11.7. The summed E-state index contributed by atoms with van der Waals surface area (Å²) in [5, 5.41) is 6.04. The summed E-state index contributed by atoms with van der Waals surface area (Å²) in [6.45, 7) is 2.02. The second-order valence-electron chi connectivity index (χ2n) is 4.06. The summed E-state index contributed by atoms with van der Waals surface area (Å²) >= 11 is 1.69. The predicted octanol–water partition coefficient (Wildman–Crippen LogP) is 2.97.